The van der Waals surface area contributed by atoms with Gasteiger partial charge in [-0.05, 0) is 40.2 Å². The molecule has 0 bridgehead atoms. The average Bonchev–Trinajstić information content (AvgIpc) is 2.94. The molecular formula is C19H25N3O3. The standard InChI is InChI=1S/C19H25N3O3/c1-12(2)22-13(3)15(11-20-22)17(23)21-16(19(4,5)18(24)25)14-9-7-6-8-10-14/h6-12,16H,1-5H3,(H,21,23)(H,24,25). The van der Waals surface area contributed by atoms with Crippen LogP contribution in [0.3, 0.4) is 0 Å². The van der Waals surface area contributed by atoms with Crippen molar-refractivity contribution in [3.8, 4) is 0 Å². The molecule has 1 unspecified atom stereocenters. The fraction of sp³-hybridized carbons (Fsp3) is 0.421. The summed E-state index contributed by atoms with van der Waals surface area (Å²) in [5, 5.41) is 16.8. The molecule has 1 atom stereocenters. The molecule has 6 nitrogen and oxygen atoms in total. The van der Waals surface area contributed by atoms with Crippen LogP contribution in [0.4, 0.5) is 0 Å². The normalized spacial score (nSPS) is 12.9. The van der Waals surface area contributed by atoms with E-state index in [1.165, 1.54) is 6.20 Å². The van der Waals surface area contributed by atoms with E-state index >= 15 is 0 Å². The summed E-state index contributed by atoms with van der Waals surface area (Å²) in [5.74, 6) is -1.30. The molecule has 0 radical (unpaired) electrons. The molecular weight excluding hydrogens is 318 g/mol. The van der Waals surface area contributed by atoms with Gasteiger partial charge in [0, 0.05) is 11.7 Å². The Kier molecular flexibility index (Phi) is 5.30. The molecule has 2 aromatic rings. The van der Waals surface area contributed by atoms with Gasteiger partial charge in [0.15, 0.2) is 0 Å². The maximum atomic E-state index is 12.8. The van der Waals surface area contributed by atoms with Crippen LogP contribution in [0.25, 0.3) is 0 Å². The Morgan fingerprint density at radius 2 is 1.80 bits per heavy atom. The monoisotopic (exact) mass is 343 g/mol. The largest absolute Gasteiger partial charge is 0.481 e. The lowest BCUT2D eigenvalue weighted by atomic mass is 9.80. The predicted octanol–water partition coefficient (Wildman–Crippen LogP) is 3.35. The number of carbonyl (C=O) groups is 2. The Morgan fingerprint density at radius 1 is 1.20 bits per heavy atom. The van der Waals surface area contributed by atoms with Crippen molar-refractivity contribution in [3.05, 3.63) is 53.3 Å². The van der Waals surface area contributed by atoms with Crippen molar-refractivity contribution < 1.29 is 14.7 Å². The number of carboxylic acid groups (broad SMARTS) is 1. The molecule has 0 aliphatic carbocycles. The van der Waals surface area contributed by atoms with E-state index in [9.17, 15) is 14.7 Å². The molecule has 2 rings (SSSR count). The van der Waals surface area contributed by atoms with Gasteiger partial charge in [0.05, 0.1) is 23.2 Å². The van der Waals surface area contributed by atoms with Gasteiger partial charge in [0.2, 0.25) is 0 Å². The van der Waals surface area contributed by atoms with Crippen molar-refractivity contribution in [2.75, 3.05) is 0 Å². The quantitative estimate of drug-likeness (QED) is 0.842. The zero-order valence-electron chi connectivity index (χ0n) is 15.3. The van der Waals surface area contributed by atoms with Gasteiger partial charge in [-0.1, -0.05) is 30.3 Å². The molecule has 25 heavy (non-hydrogen) atoms. The average molecular weight is 343 g/mol. The van der Waals surface area contributed by atoms with Gasteiger partial charge >= 0.3 is 5.97 Å². The number of carbonyl (C=O) groups excluding carboxylic acids is 1. The minimum Gasteiger partial charge on any atom is -0.481 e. The molecule has 2 N–H and O–H groups in total. The zero-order chi connectivity index (χ0) is 18.8. The number of aliphatic carboxylic acids is 1. The second-order valence-corrected chi connectivity index (χ2v) is 7.03. The smallest absolute Gasteiger partial charge is 0.311 e. The van der Waals surface area contributed by atoms with E-state index in [2.05, 4.69) is 10.4 Å². The predicted molar refractivity (Wildman–Crippen MR) is 95.4 cm³/mol. The van der Waals surface area contributed by atoms with Crippen LogP contribution in [0.1, 0.15) is 61.4 Å². The SMILES string of the molecule is Cc1c(C(=O)NC(c2ccccc2)C(C)(C)C(=O)O)cnn1C(C)C. The maximum Gasteiger partial charge on any atom is 0.311 e. The fourth-order valence-corrected chi connectivity index (χ4v) is 2.83. The molecule has 1 amide bonds. The number of carboxylic acids is 1. The molecule has 0 spiro atoms. The highest BCUT2D eigenvalue weighted by Crippen LogP contribution is 2.34. The minimum absolute atomic E-state index is 0.141. The van der Waals surface area contributed by atoms with Gasteiger partial charge in [0.25, 0.3) is 5.91 Å². The van der Waals surface area contributed by atoms with Crippen LogP contribution in [-0.2, 0) is 4.79 Å². The Labute approximate surface area is 147 Å². The number of rotatable bonds is 6. The number of amides is 1. The van der Waals surface area contributed by atoms with Crippen molar-refractivity contribution >= 4 is 11.9 Å². The van der Waals surface area contributed by atoms with Crippen LogP contribution >= 0.6 is 0 Å². The zero-order valence-corrected chi connectivity index (χ0v) is 15.3. The summed E-state index contributed by atoms with van der Waals surface area (Å²) < 4.78 is 1.77. The third kappa shape index (κ3) is 3.73. The Hall–Kier alpha value is -2.63. The molecule has 1 aromatic heterocycles. The van der Waals surface area contributed by atoms with Crippen LogP contribution in [0.15, 0.2) is 36.5 Å². The lowest BCUT2D eigenvalue weighted by Gasteiger charge is -2.31. The Morgan fingerprint density at radius 3 is 2.28 bits per heavy atom. The van der Waals surface area contributed by atoms with E-state index in [0.717, 1.165) is 11.3 Å². The first kappa shape index (κ1) is 18.7. The molecule has 0 aliphatic rings. The second-order valence-electron chi connectivity index (χ2n) is 7.03. The summed E-state index contributed by atoms with van der Waals surface area (Å²) >= 11 is 0. The van der Waals surface area contributed by atoms with Gasteiger partial charge < -0.3 is 10.4 Å². The second kappa shape index (κ2) is 7.09. The fourth-order valence-electron chi connectivity index (χ4n) is 2.83. The highest BCUT2D eigenvalue weighted by molar-refractivity contribution is 5.95. The summed E-state index contributed by atoms with van der Waals surface area (Å²) in [6.07, 6.45) is 1.53. The van der Waals surface area contributed by atoms with Crippen LogP contribution in [-0.4, -0.2) is 26.8 Å². The first-order chi connectivity index (χ1) is 11.7. The number of nitrogens with zero attached hydrogens (tertiary/aromatic N) is 2. The van der Waals surface area contributed by atoms with Crippen LogP contribution in [0, 0.1) is 12.3 Å². The maximum absolute atomic E-state index is 12.8. The first-order valence-electron chi connectivity index (χ1n) is 8.29. The number of aromatic nitrogens is 2. The number of hydrogen-bond acceptors (Lipinski definition) is 3. The van der Waals surface area contributed by atoms with E-state index in [1.807, 2.05) is 51.1 Å². The molecule has 0 fully saturated rings. The van der Waals surface area contributed by atoms with Crippen molar-refractivity contribution in [2.24, 2.45) is 5.41 Å². The first-order valence-corrected chi connectivity index (χ1v) is 8.29. The summed E-state index contributed by atoms with van der Waals surface area (Å²) in [6.45, 7) is 9.03. The van der Waals surface area contributed by atoms with Gasteiger partial charge in [-0.3, -0.25) is 14.3 Å². The lowest BCUT2D eigenvalue weighted by Crippen LogP contribution is -2.42. The molecule has 1 aromatic carbocycles. The van der Waals surface area contributed by atoms with E-state index in [-0.39, 0.29) is 11.9 Å². The third-order valence-electron chi connectivity index (χ3n) is 4.46. The minimum atomic E-state index is -1.17. The van der Waals surface area contributed by atoms with Crippen molar-refractivity contribution in [1.82, 2.24) is 15.1 Å². The van der Waals surface area contributed by atoms with Crippen LogP contribution in [0.2, 0.25) is 0 Å². The van der Waals surface area contributed by atoms with E-state index in [0.29, 0.717) is 5.56 Å². The van der Waals surface area contributed by atoms with Gasteiger partial charge in [-0.25, -0.2) is 0 Å². The van der Waals surface area contributed by atoms with Crippen molar-refractivity contribution in [2.45, 2.75) is 46.7 Å². The Bertz CT molecular complexity index is 763. The van der Waals surface area contributed by atoms with E-state index < -0.39 is 17.4 Å². The molecule has 134 valence electrons. The Balaban J connectivity index is 2.37. The number of hydrogen-bond donors (Lipinski definition) is 2. The van der Waals surface area contributed by atoms with Gasteiger partial charge in [0.1, 0.15) is 0 Å². The summed E-state index contributed by atoms with van der Waals surface area (Å²) in [7, 11) is 0. The molecule has 0 saturated heterocycles. The topological polar surface area (TPSA) is 84.2 Å². The van der Waals surface area contributed by atoms with Crippen molar-refractivity contribution in [1.29, 1.82) is 0 Å². The van der Waals surface area contributed by atoms with Gasteiger partial charge in [-0.15, -0.1) is 0 Å². The molecule has 1 heterocycles. The summed E-state index contributed by atoms with van der Waals surface area (Å²) in [5.41, 5.74) is 0.791. The number of benzene rings is 1. The van der Waals surface area contributed by atoms with E-state index in [1.54, 1.807) is 18.5 Å². The highest BCUT2D eigenvalue weighted by Gasteiger charge is 2.39. The summed E-state index contributed by atoms with van der Waals surface area (Å²) in [6, 6.07) is 8.62. The molecule has 0 aliphatic heterocycles. The lowest BCUT2D eigenvalue weighted by molar-refractivity contribution is -0.148. The van der Waals surface area contributed by atoms with Gasteiger partial charge in [-0.2, -0.15) is 5.10 Å². The number of nitrogens with one attached hydrogen (secondary N) is 1. The van der Waals surface area contributed by atoms with Crippen LogP contribution in [0.5, 0.6) is 0 Å². The third-order valence-corrected chi connectivity index (χ3v) is 4.46. The molecule has 0 saturated carbocycles. The summed E-state index contributed by atoms with van der Waals surface area (Å²) in [4.78, 5) is 24.5. The van der Waals surface area contributed by atoms with Crippen molar-refractivity contribution in [3.63, 3.8) is 0 Å². The highest BCUT2D eigenvalue weighted by atomic mass is 16.4. The van der Waals surface area contributed by atoms with Crippen LogP contribution < -0.4 is 5.32 Å². The van der Waals surface area contributed by atoms with E-state index in [4.69, 9.17) is 0 Å². The molecule has 6 heteroatoms.